The number of benzene rings is 1. The second-order valence-electron chi connectivity index (χ2n) is 6.64. The van der Waals surface area contributed by atoms with Gasteiger partial charge >= 0.3 is 0 Å². The van der Waals surface area contributed by atoms with Crippen LogP contribution in [0.15, 0.2) is 35.5 Å². The molecule has 142 valence electrons. The molecule has 7 nitrogen and oxygen atoms in total. The Balaban J connectivity index is 1.85. The van der Waals surface area contributed by atoms with Gasteiger partial charge in [0, 0.05) is 23.9 Å². The maximum atomic E-state index is 13.9. The highest BCUT2D eigenvalue weighted by atomic mass is 32.2. The van der Waals surface area contributed by atoms with Crippen LogP contribution in [0.4, 0.5) is 10.2 Å². The number of nitrogens with zero attached hydrogens (tertiary/aromatic N) is 3. The van der Waals surface area contributed by atoms with E-state index < -0.39 is 11.0 Å². The first-order valence-electron chi connectivity index (χ1n) is 8.65. The highest BCUT2D eigenvalue weighted by molar-refractivity contribution is 7.83. The Bertz CT molecular complexity index is 1040. The fourth-order valence-electron chi connectivity index (χ4n) is 3.03. The first-order chi connectivity index (χ1) is 12.9. The van der Waals surface area contributed by atoms with Crippen molar-refractivity contribution in [3.63, 3.8) is 0 Å². The summed E-state index contributed by atoms with van der Waals surface area (Å²) in [5.74, 6) is 0.870. The van der Waals surface area contributed by atoms with E-state index in [1.807, 2.05) is 27.0 Å². The Morgan fingerprint density at radius 2 is 2.19 bits per heavy atom. The summed E-state index contributed by atoms with van der Waals surface area (Å²) in [6, 6.07) is 4.20. The molecule has 1 aromatic carbocycles. The van der Waals surface area contributed by atoms with Crippen LogP contribution in [0, 0.1) is 12.7 Å². The predicted molar refractivity (Wildman–Crippen MR) is 101 cm³/mol. The summed E-state index contributed by atoms with van der Waals surface area (Å²) >= 11 is 0. The van der Waals surface area contributed by atoms with Gasteiger partial charge in [0.05, 0.1) is 12.2 Å². The normalized spacial score (nSPS) is 22.9. The van der Waals surface area contributed by atoms with Gasteiger partial charge in [0.25, 0.3) is 0 Å². The Labute approximate surface area is 158 Å². The standard InChI is InChI=1S/C18H20FN5O2S/c1-10-9-24-18-16(8-20-24)27(25)21-7-11(2)26-15-5-4-13(19)6-14(15)12(3)22-17(10)23-18/h4-6,8-9,11-12,21H,7H2,1-3H3,(H,22,23)/t11-,12+,27?/m0/s1. The number of halogens is 1. The third-order valence-corrected chi connectivity index (χ3v) is 5.58. The molecule has 0 fully saturated rings. The number of rotatable bonds is 0. The van der Waals surface area contributed by atoms with E-state index in [1.165, 1.54) is 12.1 Å². The molecular weight excluding hydrogens is 369 g/mol. The minimum atomic E-state index is -1.48. The van der Waals surface area contributed by atoms with Gasteiger partial charge in [0.1, 0.15) is 39.4 Å². The number of ether oxygens (including phenoxy) is 1. The lowest BCUT2D eigenvalue weighted by atomic mass is 10.1. The molecule has 3 heterocycles. The van der Waals surface area contributed by atoms with Crippen LogP contribution in [-0.4, -0.2) is 31.5 Å². The molecule has 1 aliphatic rings. The Morgan fingerprint density at radius 3 is 3.00 bits per heavy atom. The largest absolute Gasteiger partial charge is 0.489 e. The highest BCUT2D eigenvalue weighted by Gasteiger charge is 2.20. The van der Waals surface area contributed by atoms with Crippen molar-refractivity contribution in [3.05, 3.63) is 47.5 Å². The van der Waals surface area contributed by atoms with E-state index in [9.17, 15) is 8.60 Å². The summed E-state index contributed by atoms with van der Waals surface area (Å²) in [6.45, 7) is 6.04. The molecule has 3 atom stereocenters. The first-order valence-corrected chi connectivity index (χ1v) is 9.80. The van der Waals surface area contributed by atoms with Crippen molar-refractivity contribution >= 4 is 22.5 Å². The van der Waals surface area contributed by atoms with Crippen LogP contribution in [0.3, 0.4) is 0 Å². The van der Waals surface area contributed by atoms with Gasteiger partial charge in [-0.15, -0.1) is 0 Å². The third kappa shape index (κ3) is 3.40. The Morgan fingerprint density at radius 1 is 1.37 bits per heavy atom. The number of aromatic nitrogens is 3. The van der Waals surface area contributed by atoms with Crippen LogP contribution in [0.1, 0.15) is 31.0 Å². The van der Waals surface area contributed by atoms with E-state index in [4.69, 9.17) is 4.74 Å². The van der Waals surface area contributed by atoms with Crippen LogP contribution in [0.2, 0.25) is 0 Å². The molecule has 2 aromatic heterocycles. The topological polar surface area (TPSA) is 80.6 Å². The zero-order valence-electron chi connectivity index (χ0n) is 15.2. The molecular formula is C18H20FN5O2S. The first kappa shape index (κ1) is 17.9. The minimum absolute atomic E-state index is 0.248. The summed E-state index contributed by atoms with van der Waals surface area (Å²) in [5, 5.41) is 7.56. The fraction of sp³-hybridized carbons (Fsp3) is 0.333. The monoisotopic (exact) mass is 389 g/mol. The molecule has 3 aromatic rings. The Kier molecular flexibility index (Phi) is 4.56. The molecule has 9 heteroatoms. The zero-order valence-corrected chi connectivity index (χ0v) is 16.0. The fourth-order valence-corrected chi connectivity index (χ4v) is 4.02. The number of anilines is 1. The molecule has 4 rings (SSSR count). The van der Waals surface area contributed by atoms with Crippen molar-refractivity contribution in [2.24, 2.45) is 0 Å². The molecule has 27 heavy (non-hydrogen) atoms. The van der Waals surface area contributed by atoms with E-state index in [0.29, 0.717) is 34.2 Å². The average Bonchev–Trinajstić information content (AvgIpc) is 3.03. The van der Waals surface area contributed by atoms with E-state index in [1.54, 1.807) is 16.8 Å². The van der Waals surface area contributed by atoms with Crippen LogP contribution in [0.5, 0.6) is 5.75 Å². The smallest absolute Gasteiger partial charge is 0.174 e. The number of fused-ring (bicyclic) bond motifs is 2. The number of nitrogens with one attached hydrogen (secondary N) is 2. The summed E-state index contributed by atoms with van der Waals surface area (Å²) in [5.41, 5.74) is 2.07. The van der Waals surface area contributed by atoms with E-state index in [-0.39, 0.29) is 18.0 Å². The quantitative estimate of drug-likeness (QED) is 0.618. The third-order valence-electron chi connectivity index (χ3n) is 4.47. The molecule has 0 saturated carbocycles. The van der Waals surface area contributed by atoms with Crippen LogP contribution in [0.25, 0.3) is 5.65 Å². The Hall–Kier alpha value is -2.52. The van der Waals surface area contributed by atoms with Crippen LogP contribution >= 0.6 is 0 Å². The van der Waals surface area contributed by atoms with Crippen molar-refractivity contribution in [2.45, 2.75) is 37.8 Å². The molecule has 1 aliphatic heterocycles. The molecule has 2 N–H and O–H groups in total. The molecule has 2 bridgehead atoms. The van der Waals surface area contributed by atoms with Gasteiger partial charge < -0.3 is 10.1 Å². The van der Waals surface area contributed by atoms with Gasteiger partial charge in [-0.2, -0.15) is 5.10 Å². The lowest BCUT2D eigenvalue weighted by Crippen LogP contribution is -2.30. The zero-order chi connectivity index (χ0) is 19.1. The predicted octanol–water partition coefficient (Wildman–Crippen LogP) is 2.74. The number of hydrogen-bond donors (Lipinski definition) is 2. The van der Waals surface area contributed by atoms with Crippen molar-refractivity contribution < 1.29 is 13.3 Å². The minimum Gasteiger partial charge on any atom is -0.489 e. The van der Waals surface area contributed by atoms with Crippen molar-refractivity contribution in [2.75, 3.05) is 11.9 Å². The summed E-state index contributed by atoms with van der Waals surface area (Å²) < 4.78 is 37.1. The van der Waals surface area contributed by atoms with Gasteiger partial charge in [-0.25, -0.2) is 22.8 Å². The van der Waals surface area contributed by atoms with Crippen molar-refractivity contribution in [3.8, 4) is 5.75 Å². The summed E-state index contributed by atoms with van der Waals surface area (Å²) in [6.07, 6.45) is 3.10. The average molecular weight is 389 g/mol. The van der Waals surface area contributed by atoms with E-state index in [2.05, 4.69) is 20.1 Å². The van der Waals surface area contributed by atoms with Crippen LogP contribution in [-0.2, 0) is 11.0 Å². The maximum absolute atomic E-state index is 13.9. The molecule has 0 radical (unpaired) electrons. The van der Waals surface area contributed by atoms with Gasteiger partial charge in [-0.05, 0) is 39.0 Å². The molecule has 0 amide bonds. The summed E-state index contributed by atoms with van der Waals surface area (Å²) in [4.78, 5) is 5.12. The number of aryl methyl sites for hydroxylation is 1. The maximum Gasteiger partial charge on any atom is 0.174 e. The van der Waals surface area contributed by atoms with Crippen molar-refractivity contribution in [1.82, 2.24) is 19.3 Å². The lowest BCUT2D eigenvalue weighted by Gasteiger charge is -2.22. The van der Waals surface area contributed by atoms with Gasteiger partial charge in [0.2, 0.25) is 0 Å². The second kappa shape index (κ2) is 6.90. The van der Waals surface area contributed by atoms with Gasteiger partial charge in [-0.3, -0.25) is 0 Å². The lowest BCUT2D eigenvalue weighted by molar-refractivity contribution is 0.222. The summed E-state index contributed by atoms with van der Waals surface area (Å²) in [7, 11) is -1.48. The molecule has 0 saturated heterocycles. The molecule has 0 aliphatic carbocycles. The van der Waals surface area contributed by atoms with Crippen molar-refractivity contribution in [1.29, 1.82) is 0 Å². The number of hydrogen-bond acceptors (Lipinski definition) is 5. The molecule has 0 spiro atoms. The van der Waals surface area contributed by atoms with E-state index in [0.717, 1.165) is 5.56 Å². The molecule has 1 unspecified atom stereocenters. The van der Waals surface area contributed by atoms with Gasteiger partial charge in [-0.1, -0.05) is 0 Å². The second-order valence-corrected chi connectivity index (χ2v) is 7.91. The van der Waals surface area contributed by atoms with Gasteiger partial charge in [0.15, 0.2) is 5.65 Å². The highest BCUT2D eigenvalue weighted by Crippen LogP contribution is 2.30. The SMILES string of the molecule is Cc1cn2ncc3c2nc1N[C@H](C)c1cc(F)ccc1O[C@@H](C)CNS3=O. The van der Waals surface area contributed by atoms with E-state index >= 15 is 0 Å². The van der Waals surface area contributed by atoms with Crippen LogP contribution < -0.4 is 14.8 Å².